The third-order valence-electron chi connectivity index (χ3n) is 5.29. The maximum absolute atomic E-state index is 14.0. The molecule has 1 saturated heterocycles. The maximum Gasteiger partial charge on any atom is 0.246 e. The molecule has 5 nitrogen and oxygen atoms in total. The van der Waals surface area contributed by atoms with Gasteiger partial charge in [-0.1, -0.05) is 30.3 Å². The Bertz CT molecular complexity index is 1090. The number of nitrogens with zero attached hydrogens (tertiary/aromatic N) is 3. The molecule has 1 aromatic heterocycles. The van der Waals surface area contributed by atoms with Crippen molar-refractivity contribution in [1.82, 2.24) is 13.9 Å². The van der Waals surface area contributed by atoms with Crippen LogP contribution in [0.5, 0.6) is 0 Å². The molecule has 0 unspecified atom stereocenters. The first-order chi connectivity index (χ1) is 13.9. The Kier molecular flexibility index (Phi) is 5.47. The van der Waals surface area contributed by atoms with Crippen molar-refractivity contribution in [2.75, 3.05) is 13.1 Å². The number of imidazole rings is 1. The number of sulfonamides is 1. The quantitative estimate of drug-likeness (QED) is 0.632. The zero-order valence-electron chi connectivity index (χ0n) is 15.7. The average molecular weight is 417 g/mol. The second-order valence-electron chi connectivity index (χ2n) is 7.19. The molecule has 0 saturated carbocycles. The van der Waals surface area contributed by atoms with Crippen LogP contribution in [0.15, 0.2) is 65.8 Å². The molecule has 1 aliphatic rings. The maximum atomic E-state index is 14.0. The molecular formula is C21H21F2N3O2S. The number of benzene rings is 2. The summed E-state index contributed by atoms with van der Waals surface area (Å²) >= 11 is 0. The standard InChI is InChI=1S/C21H21F2N3O2S/c22-18-6-7-19(23)20(14-18)29(27,28)26-11-8-16(9-12-26)15-25-13-10-24-21(25)17-4-2-1-3-5-17/h1-7,10,13-14,16H,8-9,11-12,15H2. The molecule has 8 heteroatoms. The van der Waals surface area contributed by atoms with Gasteiger partial charge in [-0.05, 0) is 37.0 Å². The molecule has 1 aliphatic heterocycles. The van der Waals surface area contributed by atoms with Gasteiger partial charge in [0.05, 0.1) is 0 Å². The molecule has 29 heavy (non-hydrogen) atoms. The Morgan fingerprint density at radius 2 is 1.76 bits per heavy atom. The molecule has 2 aromatic carbocycles. The van der Waals surface area contributed by atoms with Gasteiger partial charge in [0.2, 0.25) is 10.0 Å². The van der Waals surface area contributed by atoms with Gasteiger partial charge in [-0.25, -0.2) is 22.2 Å². The first-order valence-electron chi connectivity index (χ1n) is 9.47. The van der Waals surface area contributed by atoms with Crippen LogP contribution in [0.4, 0.5) is 8.78 Å². The van der Waals surface area contributed by atoms with Gasteiger partial charge in [0, 0.05) is 37.6 Å². The van der Waals surface area contributed by atoms with Crippen LogP contribution in [0.25, 0.3) is 11.4 Å². The molecule has 152 valence electrons. The Hall–Kier alpha value is -2.58. The highest BCUT2D eigenvalue weighted by Gasteiger charge is 2.32. The van der Waals surface area contributed by atoms with E-state index in [2.05, 4.69) is 9.55 Å². The van der Waals surface area contributed by atoms with E-state index in [9.17, 15) is 17.2 Å². The van der Waals surface area contributed by atoms with E-state index in [0.717, 1.165) is 36.1 Å². The third-order valence-corrected chi connectivity index (χ3v) is 7.20. The van der Waals surface area contributed by atoms with Gasteiger partial charge in [-0.15, -0.1) is 0 Å². The average Bonchev–Trinajstić information content (AvgIpc) is 3.19. The van der Waals surface area contributed by atoms with E-state index in [4.69, 9.17) is 0 Å². The normalized spacial score (nSPS) is 16.2. The second kappa shape index (κ2) is 8.04. The lowest BCUT2D eigenvalue weighted by atomic mass is 9.98. The number of aromatic nitrogens is 2. The summed E-state index contributed by atoms with van der Waals surface area (Å²) in [4.78, 5) is 3.84. The van der Waals surface area contributed by atoms with Gasteiger partial charge in [0.15, 0.2) is 0 Å². The fourth-order valence-electron chi connectivity index (χ4n) is 3.73. The van der Waals surface area contributed by atoms with Gasteiger partial charge in [-0.3, -0.25) is 0 Å². The molecule has 0 aliphatic carbocycles. The summed E-state index contributed by atoms with van der Waals surface area (Å²) < 4.78 is 56.2. The smallest absolute Gasteiger partial charge is 0.246 e. The molecule has 0 spiro atoms. The predicted octanol–water partition coefficient (Wildman–Crippen LogP) is 3.93. The van der Waals surface area contributed by atoms with Crippen LogP contribution in [-0.2, 0) is 16.6 Å². The highest BCUT2D eigenvalue weighted by atomic mass is 32.2. The number of hydrogen-bond acceptors (Lipinski definition) is 3. The first kappa shape index (κ1) is 19.7. The Balaban J connectivity index is 1.44. The van der Waals surface area contributed by atoms with E-state index in [1.165, 1.54) is 4.31 Å². The zero-order chi connectivity index (χ0) is 20.4. The molecular weight excluding hydrogens is 396 g/mol. The van der Waals surface area contributed by atoms with Crippen LogP contribution < -0.4 is 0 Å². The van der Waals surface area contributed by atoms with E-state index >= 15 is 0 Å². The predicted molar refractivity (Wildman–Crippen MR) is 106 cm³/mol. The van der Waals surface area contributed by atoms with Crippen LogP contribution in [0.1, 0.15) is 12.8 Å². The second-order valence-corrected chi connectivity index (χ2v) is 9.10. The number of halogens is 2. The zero-order valence-corrected chi connectivity index (χ0v) is 16.5. The van der Waals surface area contributed by atoms with Crippen LogP contribution in [0, 0.1) is 17.6 Å². The molecule has 0 atom stereocenters. The summed E-state index contributed by atoms with van der Waals surface area (Å²) in [7, 11) is -4.05. The van der Waals surface area contributed by atoms with Crippen molar-refractivity contribution in [1.29, 1.82) is 0 Å². The van der Waals surface area contributed by atoms with Crippen molar-refractivity contribution in [3.8, 4) is 11.4 Å². The summed E-state index contributed by atoms with van der Waals surface area (Å²) in [6.45, 7) is 1.28. The van der Waals surface area contributed by atoms with Crippen molar-refractivity contribution in [3.05, 3.63) is 72.6 Å². The van der Waals surface area contributed by atoms with Crippen molar-refractivity contribution < 1.29 is 17.2 Å². The lowest BCUT2D eigenvalue weighted by molar-refractivity contribution is 0.253. The highest BCUT2D eigenvalue weighted by Crippen LogP contribution is 2.28. The number of rotatable bonds is 5. The van der Waals surface area contributed by atoms with Crippen LogP contribution in [-0.4, -0.2) is 35.4 Å². The molecule has 2 heterocycles. The molecule has 3 aromatic rings. The van der Waals surface area contributed by atoms with Gasteiger partial charge in [0.25, 0.3) is 0 Å². The summed E-state index contributed by atoms with van der Waals surface area (Å²) in [6, 6.07) is 12.4. The van der Waals surface area contributed by atoms with Crippen molar-refractivity contribution in [3.63, 3.8) is 0 Å². The van der Waals surface area contributed by atoms with E-state index in [1.807, 2.05) is 36.5 Å². The topological polar surface area (TPSA) is 55.2 Å². The Labute approximate surface area is 168 Å². The van der Waals surface area contributed by atoms with Crippen molar-refractivity contribution in [2.45, 2.75) is 24.3 Å². The summed E-state index contributed by atoms with van der Waals surface area (Å²) in [5.74, 6) is -0.550. The summed E-state index contributed by atoms with van der Waals surface area (Å²) in [5, 5.41) is 0. The van der Waals surface area contributed by atoms with Crippen LogP contribution >= 0.6 is 0 Å². The summed E-state index contributed by atoms with van der Waals surface area (Å²) in [5.41, 5.74) is 1.03. The minimum absolute atomic E-state index is 0.274. The van der Waals surface area contributed by atoms with Gasteiger partial charge in [0.1, 0.15) is 22.4 Å². The third kappa shape index (κ3) is 4.09. The Morgan fingerprint density at radius 1 is 1.03 bits per heavy atom. The van der Waals surface area contributed by atoms with E-state index < -0.39 is 26.6 Å². The lowest BCUT2D eigenvalue weighted by Gasteiger charge is -2.31. The molecule has 0 N–H and O–H groups in total. The van der Waals surface area contributed by atoms with Gasteiger partial charge >= 0.3 is 0 Å². The fraction of sp³-hybridized carbons (Fsp3) is 0.286. The highest BCUT2D eigenvalue weighted by molar-refractivity contribution is 7.89. The van der Waals surface area contributed by atoms with Gasteiger partial charge < -0.3 is 4.57 Å². The van der Waals surface area contributed by atoms with Gasteiger partial charge in [-0.2, -0.15) is 4.31 Å². The van der Waals surface area contributed by atoms with Crippen LogP contribution in [0.2, 0.25) is 0 Å². The molecule has 4 rings (SSSR count). The minimum atomic E-state index is -4.05. The van der Waals surface area contributed by atoms with E-state index in [-0.39, 0.29) is 19.0 Å². The molecule has 1 fully saturated rings. The molecule has 0 bridgehead atoms. The fourth-order valence-corrected chi connectivity index (χ4v) is 5.27. The van der Waals surface area contributed by atoms with Crippen LogP contribution in [0.3, 0.4) is 0 Å². The summed E-state index contributed by atoms with van der Waals surface area (Å²) in [6.07, 6.45) is 4.97. The Morgan fingerprint density at radius 3 is 2.48 bits per heavy atom. The first-order valence-corrected chi connectivity index (χ1v) is 10.9. The SMILES string of the molecule is O=S(=O)(c1cc(F)ccc1F)N1CCC(Cn2ccnc2-c2ccccc2)CC1. The molecule has 0 radical (unpaired) electrons. The number of hydrogen-bond donors (Lipinski definition) is 0. The largest absolute Gasteiger partial charge is 0.331 e. The minimum Gasteiger partial charge on any atom is -0.331 e. The monoisotopic (exact) mass is 417 g/mol. The molecule has 0 amide bonds. The lowest BCUT2D eigenvalue weighted by Crippen LogP contribution is -2.39. The van der Waals surface area contributed by atoms with Crippen molar-refractivity contribution >= 4 is 10.0 Å². The van der Waals surface area contributed by atoms with E-state index in [0.29, 0.717) is 12.8 Å². The number of piperidine rings is 1. The van der Waals surface area contributed by atoms with Crippen molar-refractivity contribution in [2.24, 2.45) is 5.92 Å². The van der Waals surface area contributed by atoms with E-state index in [1.54, 1.807) is 6.20 Å².